The van der Waals surface area contributed by atoms with Crippen LogP contribution in [0.4, 0.5) is 5.82 Å². The number of benzene rings is 1. The first-order valence-electron chi connectivity index (χ1n) is 7.90. The molecule has 2 aliphatic rings. The molecular weight excluding hydrogens is 339 g/mol. The summed E-state index contributed by atoms with van der Waals surface area (Å²) in [5.74, 6) is 1.11. The van der Waals surface area contributed by atoms with Gasteiger partial charge in [-0.25, -0.2) is 0 Å². The molecule has 0 N–H and O–H groups in total. The van der Waals surface area contributed by atoms with Crippen molar-refractivity contribution >= 4 is 30.1 Å². The number of fused-ring (bicyclic) bond motifs is 5. The van der Waals surface area contributed by atoms with Crippen molar-refractivity contribution in [2.45, 2.75) is 25.7 Å². The number of anilines is 1. The van der Waals surface area contributed by atoms with Crippen LogP contribution in [-0.4, -0.2) is 43.0 Å². The average Bonchev–Trinajstić information content (AvgIpc) is 3.22. The molecule has 5 heteroatoms. The fourth-order valence-corrected chi connectivity index (χ4v) is 6.52. The number of hydrogen-bond donors (Lipinski definition) is 0. The Labute approximate surface area is 134 Å². The van der Waals surface area contributed by atoms with Crippen molar-refractivity contribution in [2.75, 3.05) is 18.0 Å². The van der Waals surface area contributed by atoms with Gasteiger partial charge in [0.1, 0.15) is 0 Å². The average molecular weight is 355 g/mol. The van der Waals surface area contributed by atoms with Gasteiger partial charge in [0.05, 0.1) is 0 Å². The minimum atomic E-state index is 0.308. The molecule has 5 rings (SSSR count). The first kappa shape index (κ1) is 12.8. The Hall–Kier alpha value is -1.71. The van der Waals surface area contributed by atoms with Crippen LogP contribution in [0.2, 0.25) is 0 Å². The Morgan fingerprint density at radius 3 is 2.77 bits per heavy atom. The molecule has 3 heterocycles. The molecular formula is C17H16N4Se. The van der Waals surface area contributed by atoms with Gasteiger partial charge in [-0.15, -0.1) is 0 Å². The zero-order chi connectivity index (χ0) is 14.5. The molecule has 0 saturated carbocycles. The van der Waals surface area contributed by atoms with Crippen molar-refractivity contribution in [1.29, 1.82) is 0 Å². The Kier molecular flexibility index (Phi) is 2.85. The number of aromatic nitrogens is 3. The first-order chi connectivity index (χ1) is 10.9. The second-order valence-electron chi connectivity index (χ2n) is 6.05. The van der Waals surface area contributed by atoms with Gasteiger partial charge in [0.15, 0.2) is 0 Å². The SMILES string of the molecule is c1ccc2c(c1)CCc1c-2[se]c2c(N3CCCC3)nnnc12. The molecule has 4 nitrogen and oxygen atoms in total. The van der Waals surface area contributed by atoms with Crippen LogP contribution in [0.5, 0.6) is 0 Å². The monoisotopic (exact) mass is 356 g/mol. The van der Waals surface area contributed by atoms with Crippen molar-refractivity contribution in [1.82, 2.24) is 15.4 Å². The quantitative estimate of drug-likeness (QED) is 0.629. The van der Waals surface area contributed by atoms with E-state index >= 15 is 0 Å². The third-order valence-electron chi connectivity index (χ3n) is 4.78. The third kappa shape index (κ3) is 1.79. The maximum absolute atomic E-state index is 4.42. The van der Waals surface area contributed by atoms with Gasteiger partial charge in [0.2, 0.25) is 0 Å². The van der Waals surface area contributed by atoms with E-state index in [0.717, 1.165) is 37.3 Å². The Morgan fingerprint density at radius 1 is 1.00 bits per heavy atom. The molecule has 1 aliphatic heterocycles. The molecule has 0 radical (unpaired) electrons. The van der Waals surface area contributed by atoms with E-state index in [4.69, 9.17) is 0 Å². The molecule has 1 fully saturated rings. The summed E-state index contributed by atoms with van der Waals surface area (Å²) >= 11 is 0.308. The predicted octanol–water partition coefficient (Wildman–Crippen LogP) is 2.45. The van der Waals surface area contributed by atoms with Crippen LogP contribution < -0.4 is 4.90 Å². The number of rotatable bonds is 1. The van der Waals surface area contributed by atoms with Crippen LogP contribution >= 0.6 is 0 Å². The topological polar surface area (TPSA) is 41.9 Å². The van der Waals surface area contributed by atoms with Gasteiger partial charge in [-0.1, -0.05) is 0 Å². The summed E-state index contributed by atoms with van der Waals surface area (Å²) in [4.78, 5) is 2.40. The molecule has 1 aromatic carbocycles. The van der Waals surface area contributed by atoms with Crippen molar-refractivity contribution in [3.05, 3.63) is 35.4 Å². The normalized spacial score (nSPS) is 16.8. The van der Waals surface area contributed by atoms with Crippen LogP contribution in [0.25, 0.3) is 19.8 Å². The van der Waals surface area contributed by atoms with E-state index in [1.54, 1.807) is 0 Å². The summed E-state index contributed by atoms with van der Waals surface area (Å²) in [6.07, 6.45) is 4.75. The van der Waals surface area contributed by atoms with Crippen LogP contribution in [0.1, 0.15) is 24.0 Å². The predicted molar refractivity (Wildman–Crippen MR) is 88.6 cm³/mol. The summed E-state index contributed by atoms with van der Waals surface area (Å²) in [5, 5.41) is 12.9. The number of nitrogens with zero attached hydrogens (tertiary/aromatic N) is 4. The number of aryl methyl sites for hydroxylation is 2. The minimum absolute atomic E-state index is 0.308. The molecule has 2 aromatic heterocycles. The van der Waals surface area contributed by atoms with Crippen LogP contribution in [0.15, 0.2) is 24.3 Å². The van der Waals surface area contributed by atoms with Gasteiger partial charge in [-0.2, -0.15) is 0 Å². The van der Waals surface area contributed by atoms with Crippen molar-refractivity contribution in [3.8, 4) is 10.0 Å². The summed E-state index contributed by atoms with van der Waals surface area (Å²) in [6.45, 7) is 2.23. The van der Waals surface area contributed by atoms with E-state index < -0.39 is 0 Å². The Bertz CT molecular complexity index is 864. The Balaban J connectivity index is 1.76. The molecule has 1 aliphatic carbocycles. The summed E-state index contributed by atoms with van der Waals surface area (Å²) in [7, 11) is 0. The summed E-state index contributed by atoms with van der Waals surface area (Å²) in [5.41, 5.74) is 5.50. The van der Waals surface area contributed by atoms with Crippen LogP contribution in [-0.2, 0) is 12.8 Å². The van der Waals surface area contributed by atoms with E-state index in [1.165, 1.54) is 38.2 Å². The van der Waals surface area contributed by atoms with Crippen molar-refractivity contribution in [3.63, 3.8) is 0 Å². The second-order valence-corrected chi connectivity index (χ2v) is 8.19. The van der Waals surface area contributed by atoms with E-state index in [-0.39, 0.29) is 0 Å². The molecule has 0 amide bonds. The molecule has 3 aromatic rings. The molecule has 0 unspecified atom stereocenters. The van der Waals surface area contributed by atoms with Crippen LogP contribution in [0, 0.1) is 0 Å². The molecule has 1 saturated heterocycles. The molecule has 0 bridgehead atoms. The van der Waals surface area contributed by atoms with Gasteiger partial charge in [0.25, 0.3) is 0 Å². The van der Waals surface area contributed by atoms with E-state index in [1.807, 2.05) is 0 Å². The van der Waals surface area contributed by atoms with Gasteiger partial charge in [-0.05, 0) is 0 Å². The molecule has 0 spiro atoms. The zero-order valence-corrected chi connectivity index (χ0v) is 14.0. The Morgan fingerprint density at radius 2 is 1.86 bits per heavy atom. The zero-order valence-electron chi connectivity index (χ0n) is 12.2. The van der Waals surface area contributed by atoms with Gasteiger partial charge in [-0.3, -0.25) is 0 Å². The van der Waals surface area contributed by atoms with E-state index in [0.29, 0.717) is 14.5 Å². The van der Waals surface area contributed by atoms with Gasteiger partial charge < -0.3 is 0 Å². The van der Waals surface area contributed by atoms with E-state index in [9.17, 15) is 0 Å². The van der Waals surface area contributed by atoms with Crippen molar-refractivity contribution in [2.24, 2.45) is 0 Å². The molecule has 110 valence electrons. The third-order valence-corrected chi connectivity index (χ3v) is 7.40. The summed E-state index contributed by atoms with van der Waals surface area (Å²) in [6, 6.07) is 8.84. The van der Waals surface area contributed by atoms with E-state index in [2.05, 4.69) is 44.6 Å². The van der Waals surface area contributed by atoms with Crippen molar-refractivity contribution < 1.29 is 0 Å². The first-order valence-corrected chi connectivity index (χ1v) is 9.61. The second kappa shape index (κ2) is 4.90. The summed E-state index contributed by atoms with van der Waals surface area (Å²) < 4.78 is 2.89. The standard InChI is InChI=1S/C17H16N4Se/c1-2-6-12-11(5-1)7-8-13-14-16(22-15(12)13)17(19-20-18-14)21-9-3-4-10-21/h1-2,5-6H,3-4,7-10H2. The van der Waals surface area contributed by atoms with Gasteiger partial charge >= 0.3 is 135 Å². The van der Waals surface area contributed by atoms with Gasteiger partial charge in [0, 0.05) is 0 Å². The molecule has 0 atom stereocenters. The fourth-order valence-electron chi connectivity index (χ4n) is 3.67. The van der Waals surface area contributed by atoms with Crippen LogP contribution in [0.3, 0.4) is 0 Å². The maximum atomic E-state index is 4.42. The fraction of sp³-hybridized carbons (Fsp3) is 0.353. The molecule has 22 heavy (non-hydrogen) atoms. The number of hydrogen-bond acceptors (Lipinski definition) is 4.